The molecule has 20 heavy (non-hydrogen) atoms. The Labute approximate surface area is 120 Å². The molecule has 0 aromatic heterocycles. The molecular weight excluding hydrogens is 256 g/mol. The largest absolute Gasteiger partial charge is 0.490 e. The number of nitrogens with one attached hydrogen (secondary N) is 1. The Hall–Kier alpha value is -1.75. The predicted octanol–water partition coefficient (Wildman–Crippen LogP) is 2.56. The maximum absolute atomic E-state index is 7.43. The number of benzene rings is 1. The molecule has 0 saturated heterocycles. The van der Waals surface area contributed by atoms with E-state index in [2.05, 4.69) is 6.92 Å². The Bertz CT molecular complexity index is 422. The fourth-order valence-corrected chi connectivity index (χ4v) is 1.62. The van der Waals surface area contributed by atoms with Crippen LogP contribution in [0, 0.1) is 5.41 Å². The second-order valence-electron chi connectivity index (χ2n) is 4.32. The van der Waals surface area contributed by atoms with Gasteiger partial charge in [0.15, 0.2) is 11.5 Å². The molecule has 0 amide bonds. The number of nitrogens with two attached hydrogens (primary N) is 1. The summed E-state index contributed by atoms with van der Waals surface area (Å²) in [5, 5.41) is 7.43. The summed E-state index contributed by atoms with van der Waals surface area (Å²) in [5.41, 5.74) is 6.09. The average molecular weight is 280 g/mol. The number of ether oxygens (including phenoxy) is 3. The average Bonchev–Trinajstić information content (AvgIpc) is 2.44. The maximum atomic E-state index is 7.43. The van der Waals surface area contributed by atoms with E-state index in [9.17, 15) is 0 Å². The zero-order valence-corrected chi connectivity index (χ0v) is 12.3. The van der Waals surface area contributed by atoms with Crippen molar-refractivity contribution in [3.05, 3.63) is 23.8 Å². The Morgan fingerprint density at radius 1 is 1.10 bits per heavy atom. The van der Waals surface area contributed by atoms with Crippen molar-refractivity contribution < 1.29 is 14.2 Å². The van der Waals surface area contributed by atoms with Crippen molar-refractivity contribution in [2.45, 2.75) is 26.7 Å². The highest BCUT2D eigenvalue weighted by Crippen LogP contribution is 2.28. The molecule has 0 aliphatic rings. The van der Waals surface area contributed by atoms with Crippen LogP contribution in [0.4, 0.5) is 0 Å². The van der Waals surface area contributed by atoms with Crippen LogP contribution in [0.2, 0.25) is 0 Å². The summed E-state index contributed by atoms with van der Waals surface area (Å²) in [6, 6.07) is 5.24. The van der Waals surface area contributed by atoms with Crippen LogP contribution in [0.25, 0.3) is 0 Å². The van der Waals surface area contributed by atoms with E-state index in [-0.39, 0.29) is 5.84 Å². The predicted molar refractivity (Wildman–Crippen MR) is 79.8 cm³/mol. The first-order valence-corrected chi connectivity index (χ1v) is 7.00. The van der Waals surface area contributed by atoms with E-state index in [4.69, 9.17) is 25.4 Å². The minimum absolute atomic E-state index is 0.0143. The molecule has 3 N–H and O–H groups in total. The Morgan fingerprint density at radius 3 is 2.55 bits per heavy atom. The molecular formula is C15H24N2O3. The maximum Gasteiger partial charge on any atom is 0.161 e. The van der Waals surface area contributed by atoms with Gasteiger partial charge in [-0.2, -0.15) is 0 Å². The van der Waals surface area contributed by atoms with E-state index < -0.39 is 0 Å². The van der Waals surface area contributed by atoms with Gasteiger partial charge in [0.05, 0.1) is 13.2 Å². The third-order valence-corrected chi connectivity index (χ3v) is 2.68. The first kappa shape index (κ1) is 16.3. The van der Waals surface area contributed by atoms with Gasteiger partial charge in [-0.1, -0.05) is 13.3 Å². The van der Waals surface area contributed by atoms with Gasteiger partial charge in [-0.3, -0.25) is 5.41 Å². The molecule has 0 saturated carbocycles. The summed E-state index contributed by atoms with van der Waals surface area (Å²) in [6.07, 6.45) is 2.19. The summed E-state index contributed by atoms with van der Waals surface area (Å²) in [4.78, 5) is 0. The second kappa shape index (κ2) is 9.20. The first-order valence-electron chi connectivity index (χ1n) is 7.00. The zero-order valence-electron chi connectivity index (χ0n) is 12.3. The van der Waals surface area contributed by atoms with Crippen LogP contribution in [-0.4, -0.2) is 32.3 Å². The van der Waals surface area contributed by atoms with Gasteiger partial charge in [-0.15, -0.1) is 0 Å². The van der Waals surface area contributed by atoms with Crippen LogP contribution in [-0.2, 0) is 4.74 Å². The molecule has 1 rings (SSSR count). The molecule has 5 nitrogen and oxygen atoms in total. The van der Waals surface area contributed by atoms with Gasteiger partial charge in [0, 0.05) is 12.2 Å². The number of hydrogen-bond acceptors (Lipinski definition) is 4. The number of hydrogen-bond donors (Lipinski definition) is 2. The molecule has 112 valence electrons. The smallest absolute Gasteiger partial charge is 0.161 e. The van der Waals surface area contributed by atoms with Gasteiger partial charge in [0.2, 0.25) is 0 Å². The molecule has 0 radical (unpaired) electrons. The topological polar surface area (TPSA) is 77.6 Å². The van der Waals surface area contributed by atoms with Crippen molar-refractivity contribution in [3.63, 3.8) is 0 Å². The highest BCUT2D eigenvalue weighted by Gasteiger charge is 2.08. The van der Waals surface area contributed by atoms with Crippen molar-refractivity contribution in [1.82, 2.24) is 0 Å². The van der Waals surface area contributed by atoms with Crippen LogP contribution in [0.3, 0.4) is 0 Å². The highest BCUT2D eigenvalue weighted by atomic mass is 16.5. The molecule has 5 heteroatoms. The molecule has 1 aromatic carbocycles. The van der Waals surface area contributed by atoms with Crippen LogP contribution < -0.4 is 15.2 Å². The highest BCUT2D eigenvalue weighted by molar-refractivity contribution is 5.95. The number of nitrogen functional groups attached to an aromatic ring is 1. The van der Waals surface area contributed by atoms with Crippen LogP contribution >= 0.6 is 0 Å². The van der Waals surface area contributed by atoms with Gasteiger partial charge in [0.1, 0.15) is 12.4 Å². The standard InChI is InChI=1S/C15H24N2O3/c1-3-5-8-18-9-10-20-13-7-6-12(15(16)17)11-14(13)19-4-2/h6-7,11H,3-5,8-10H2,1-2H3,(H3,16,17). The van der Waals surface area contributed by atoms with Crippen LogP contribution in [0.1, 0.15) is 32.3 Å². The van der Waals surface area contributed by atoms with Gasteiger partial charge >= 0.3 is 0 Å². The van der Waals surface area contributed by atoms with E-state index in [0.717, 1.165) is 19.4 Å². The molecule has 0 unspecified atom stereocenters. The molecule has 0 aliphatic carbocycles. The minimum atomic E-state index is 0.0143. The van der Waals surface area contributed by atoms with Crippen LogP contribution in [0.15, 0.2) is 18.2 Å². The lowest BCUT2D eigenvalue weighted by Crippen LogP contribution is -2.12. The van der Waals surface area contributed by atoms with E-state index in [1.165, 1.54) is 0 Å². The van der Waals surface area contributed by atoms with Gasteiger partial charge in [-0.25, -0.2) is 0 Å². The van der Waals surface area contributed by atoms with Gasteiger partial charge in [-0.05, 0) is 31.5 Å². The van der Waals surface area contributed by atoms with E-state index in [0.29, 0.717) is 36.9 Å². The number of rotatable bonds is 10. The number of amidine groups is 1. The zero-order chi connectivity index (χ0) is 14.8. The van der Waals surface area contributed by atoms with E-state index >= 15 is 0 Å². The molecule has 0 aliphatic heterocycles. The second-order valence-corrected chi connectivity index (χ2v) is 4.32. The van der Waals surface area contributed by atoms with Crippen LogP contribution in [0.5, 0.6) is 11.5 Å². The third kappa shape index (κ3) is 5.48. The van der Waals surface area contributed by atoms with Gasteiger partial charge < -0.3 is 19.9 Å². The lowest BCUT2D eigenvalue weighted by Gasteiger charge is -2.13. The molecule has 0 atom stereocenters. The van der Waals surface area contributed by atoms with Crippen molar-refractivity contribution in [1.29, 1.82) is 5.41 Å². The first-order chi connectivity index (χ1) is 9.69. The van der Waals surface area contributed by atoms with E-state index in [1.54, 1.807) is 18.2 Å². The Balaban J connectivity index is 2.53. The molecule has 0 spiro atoms. The van der Waals surface area contributed by atoms with Crippen molar-refractivity contribution >= 4 is 5.84 Å². The van der Waals surface area contributed by atoms with Crippen molar-refractivity contribution in [3.8, 4) is 11.5 Å². The normalized spacial score (nSPS) is 10.3. The molecule has 0 bridgehead atoms. The monoisotopic (exact) mass is 280 g/mol. The summed E-state index contributed by atoms with van der Waals surface area (Å²) in [5.74, 6) is 1.27. The van der Waals surface area contributed by atoms with Crippen molar-refractivity contribution in [2.75, 3.05) is 26.4 Å². The van der Waals surface area contributed by atoms with Gasteiger partial charge in [0.25, 0.3) is 0 Å². The van der Waals surface area contributed by atoms with Crippen molar-refractivity contribution in [2.24, 2.45) is 5.73 Å². The molecule has 0 heterocycles. The number of unbranched alkanes of at least 4 members (excludes halogenated alkanes) is 1. The SMILES string of the molecule is CCCCOCCOc1ccc(C(=N)N)cc1OCC. The fraction of sp³-hybridized carbons (Fsp3) is 0.533. The Kier molecular flexibility index (Phi) is 7.50. The summed E-state index contributed by atoms with van der Waals surface area (Å²) in [6.45, 7) is 6.36. The molecule has 0 fully saturated rings. The summed E-state index contributed by atoms with van der Waals surface area (Å²) < 4.78 is 16.6. The Morgan fingerprint density at radius 2 is 1.90 bits per heavy atom. The lowest BCUT2D eigenvalue weighted by atomic mass is 10.2. The molecule has 1 aromatic rings. The fourth-order valence-electron chi connectivity index (χ4n) is 1.62. The minimum Gasteiger partial charge on any atom is -0.490 e. The quantitative estimate of drug-likeness (QED) is 0.392. The summed E-state index contributed by atoms with van der Waals surface area (Å²) in [7, 11) is 0. The third-order valence-electron chi connectivity index (χ3n) is 2.68. The van der Waals surface area contributed by atoms with E-state index in [1.807, 2.05) is 6.92 Å². The lowest BCUT2D eigenvalue weighted by molar-refractivity contribution is 0.0967. The summed E-state index contributed by atoms with van der Waals surface area (Å²) >= 11 is 0.